The molecule has 1 aromatic rings. The maximum absolute atomic E-state index is 13.5. The van der Waals surface area contributed by atoms with E-state index in [4.69, 9.17) is 16.1 Å². The van der Waals surface area contributed by atoms with E-state index in [0.717, 1.165) is 0 Å². The molecule has 2 fully saturated rings. The summed E-state index contributed by atoms with van der Waals surface area (Å²) < 4.78 is 31.8. The predicted molar refractivity (Wildman–Crippen MR) is 77.3 cm³/mol. The van der Waals surface area contributed by atoms with E-state index in [1.165, 1.54) is 0 Å². The first kappa shape index (κ1) is 16.6. The number of nitrogens with zero attached hydrogens (tertiary/aromatic N) is 3. The number of aliphatic hydroxyl groups is 1. The molecule has 2 aliphatic heterocycles. The number of aryl methyl sites for hydroxylation is 1. The van der Waals surface area contributed by atoms with Crippen LogP contribution in [0.3, 0.4) is 0 Å². The molecule has 1 aromatic heterocycles. The number of hydrogen-bond donors (Lipinski definition) is 1. The Morgan fingerprint density at radius 1 is 1.52 bits per heavy atom. The molecule has 0 aliphatic carbocycles. The maximum Gasteiger partial charge on any atom is 0.262 e. The van der Waals surface area contributed by atoms with Crippen molar-refractivity contribution in [1.82, 2.24) is 15.0 Å². The van der Waals surface area contributed by atoms with Crippen molar-refractivity contribution in [1.29, 1.82) is 0 Å². The monoisotopic (exact) mass is 349 g/mol. The SMILES string of the molecule is O=C(CCc1cc(Cl)no1)N1CC(N2CC(F)(F)C[C@H]2CO)C1. The summed E-state index contributed by atoms with van der Waals surface area (Å²) in [5.41, 5.74) is 0. The van der Waals surface area contributed by atoms with Gasteiger partial charge in [0.2, 0.25) is 5.91 Å². The van der Waals surface area contributed by atoms with Crippen molar-refractivity contribution in [3.63, 3.8) is 0 Å². The zero-order chi connectivity index (χ0) is 16.6. The molecule has 0 radical (unpaired) electrons. The van der Waals surface area contributed by atoms with Crippen LogP contribution in [0.5, 0.6) is 0 Å². The van der Waals surface area contributed by atoms with Crippen LogP contribution < -0.4 is 0 Å². The van der Waals surface area contributed by atoms with Crippen LogP contribution in [0, 0.1) is 0 Å². The molecule has 1 amide bonds. The number of aliphatic hydroxyl groups excluding tert-OH is 1. The van der Waals surface area contributed by atoms with E-state index in [9.17, 15) is 18.7 Å². The first-order chi connectivity index (χ1) is 10.9. The van der Waals surface area contributed by atoms with E-state index >= 15 is 0 Å². The molecule has 0 spiro atoms. The molecule has 9 heteroatoms. The highest BCUT2D eigenvalue weighted by Crippen LogP contribution is 2.35. The zero-order valence-electron chi connectivity index (χ0n) is 12.4. The van der Waals surface area contributed by atoms with E-state index in [2.05, 4.69) is 5.16 Å². The van der Waals surface area contributed by atoms with Crippen LogP contribution in [0.25, 0.3) is 0 Å². The van der Waals surface area contributed by atoms with Gasteiger partial charge in [-0.05, 0) is 0 Å². The Labute approximate surface area is 137 Å². The van der Waals surface area contributed by atoms with Crippen LogP contribution in [0.2, 0.25) is 5.15 Å². The molecular formula is C14H18ClF2N3O3. The van der Waals surface area contributed by atoms with Gasteiger partial charge in [0, 0.05) is 50.5 Å². The smallest absolute Gasteiger partial charge is 0.262 e. The lowest BCUT2D eigenvalue weighted by atomic mass is 10.0. The second-order valence-corrected chi connectivity index (χ2v) is 6.52. The minimum atomic E-state index is -2.76. The van der Waals surface area contributed by atoms with Crippen molar-refractivity contribution in [3.8, 4) is 0 Å². The second kappa shape index (κ2) is 6.33. The molecule has 2 saturated heterocycles. The molecule has 3 rings (SSSR count). The third-order valence-electron chi connectivity index (χ3n) is 4.43. The highest BCUT2D eigenvalue weighted by atomic mass is 35.5. The largest absolute Gasteiger partial charge is 0.395 e. The van der Waals surface area contributed by atoms with Gasteiger partial charge in [-0.15, -0.1) is 0 Å². The second-order valence-electron chi connectivity index (χ2n) is 6.14. The molecule has 2 aliphatic rings. The molecule has 23 heavy (non-hydrogen) atoms. The lowest BCUT2D eigenvalue weighted by Crippen LogP contribution is -2.62. The van der Waals surface area contributed by atoms with Crippen molar-refractivity contribution in [2.45, 2.75) is 37.3 Å². The number of carbonyl (C=O) groups excluding carboxylic acids is 1. The van der Waals surface area contributed by atoms with Gasteiger partial charge in [0.1, 0.15) is 5.76 Å². The van der Waals surface area contributed by atoms with Crippen LogP contribution in [0.15, 0.2) is 10.6 Å². The Bertz CT molecular complexity index is 577. The minimum absolute atomic E-state index is 0.0553. The number of amides is 1. The van der Waals surface area contributed by atoms with Crippen molar-refractivity contribution >= 4 is 17.5 Å². The van der Waals surface area contributed by atoms with Crippen LogP contribution >= 0.6 is 11.6 Å². The normalized spacial score (nSPS) is 24.9. The van der Waals surface area contributed by atoms with Gasteiger partial charge in [-0.3, -0.25) is 9.69 Å². The van der Waals surface area contributed by atoms with Gasteiger partial charge < -0.3 is 14.5 Å². The Morgan fingerprint density at radius 3 is 2.87 bits per heavy atom. The predicted octanol–water partition coefficient (Wildman–Crippen LogP) is 1.17. The molecular weight excluding hydrogens is 332 g/mol. The summed E-state index contributed by atoms with van der Waals surface area (Å²) in [4.78, 5) is 15.3. The summed E-state index contributed by atoms with van der Waals surface area (Å²) in [6.07, 6.45) is 0.346. The van der Waals surface area contributed by atoms with Crippen molar-refractivity contribution in [2.24, 2.45) is 0 Å². The first-order valence-corrected chi connectivity index (χ1v) is 7.89. The fourth-order valence-corrected chi connectivity index (χ4v) is 3.34. The Kier molecular flexibility index (Phi) is 4.57. The molecule has 1 atom stereocenters. The van der Waals surface area contributed by atoms with Crippen molar-refractivity contribution in [3.05, 3.63) is 17.0 Å². The van der Waals surface area contributed by atoms with Crippen LogP contribution in [-0.4, -0.2) is 70.2 Å². The van der Waals surface area contributed by atoms with E-state index < -0.39 is 12.0 Å². The summed E-state index contributed by atoms with van der Waals surface area (Å²) in [7, 11) is 0. The van der Waals surface area contributed by atoms with Crippen LogP contribution in [-0.2, 0) is 11.2 Å². The third kappa shape index (κ3) is 3.64. The van der Waals surface area contributed by atoms with Gasteiger partial charge in [0.25, 0.3) is 5.92 Å². The number of hydrogen-bond acceptors (Lipinski definition) is 5. The number of rotatable bonds is 5. The summed E-state index contributed by atoms with van der Waals surface area (Å²) in [6.45, 7) is 0.207. The van der Waals surface area contributed by atoms with Gasteiger partial charge in [-0.1, -0.05) is 16.8 Å². The lowest BCUT2D eigenvalue weighted by molar-refractivity contribution is -0.139. The van der Waals surface area contributed by atoms with Crippen molar-refractivity contribution in [2.75, 3.05) is 26.2 Å². The van der Waals surface area contributed by atoms with Crippen LogP contribution in [0.1, 0.15) is 18.6 Å². The van der Waals surface area contributed by atoms with E-state index in [0.29, 0.717) is 25.3 Å². The summed E-state index contributed by atoms with van der Waals surface area (Å²) >= 11 is 5.63. The molecule has 0 aromatic carbocycles. The molecule has 0 unspecified atom stereocenters. The van der Waals surface area contributed by atoms with Gasteiger partial charge in [0.05, 0.1) is 13.2 Å². The number of likely N-dealkylation sites (tertiary alicyclic amines) is 2. The van der Waals surface area contributed by atoms with Crippen LogP contribution in [0.4, 0.5) is 8.78 Å². The molecule has 128 valence electrons. The topological polar surface area (TPSA) is 69.8 Å². The van der Waals surface area contributed by atoms with E-state index in [-0.39, 0.29) is 43.1 Å². The maximum atomic E-state index is 13.5. The zero-order valence-corrected chi connectivity index (χ0v) is 13.2. The van der Waals surface area contributed by atoms with Crippen molar-refractivity contribution < 1.29 is 23.2 Å². The number of alkyl halides is 2. The average molecular weight is 350 g/mol. The first-order valence-electron chi connectivity index (χ1n) is 7.51. The molecule has 3 heterocycles. The standard InChI is InChI=1S/C14H18ClF2N3O3/c15-12-3-11(23-18-12)1-2-13(22)19-5-10(6-19)20-8-14(16,17)4-9(20)7-21/h3,9-10,21H,1-2,4-8H2/t9-/m0/s1. The van der Waals surface area contributed by atoms with Gasteiger partial charge in [-0.25, -0.2) is 8.78 Å². The Hall–Kier alpha value is -1.25. The van der Waals surface area contributed by atoms with E-state index in [1.807, 2.05) is 0 Å². The summed E-state index contributed by atoms with van der Waals surface area (Å²) in [5.74, 6) is -2.27. The van der Waals surface area contributed by atoms with E-state index in [1.54, 1.807) is 15.9 Å². The quantitative estimate of drug-likeness (QED) is 0.864. The van der Waals surface area contributed by atoms with Gasteiger partial charge in [-0.2, -0.15) is 0 Å². The third-order valence-corrected chi connectivity index (χ3v) is 4.61. The lowest BCUT2D eigenvalue weighted by Gasteiger charge is -2.45. The molecule has 6 nitrogen and oxygen atoms in total. The Morgan fingerprint density at radius 2 is 2.26 bits per heavy atom. The molecule has 0 bridgehead atoms. The average Bonchev–Trinajstić information content (AvgIpc) is 2.98. The Balaban J connectivity index is 1.46. The fourth-order valence-electron chi connectivity index (χ4n) is 3.18. The molecule has 1 N–H and O–H groups in total. The summed E-state index contributed by atoms with van der Waals surface area (Å²) in [5, 5.41) is 13.0. The summed E-state index contributed by atoms with van der Waals surface area (Å²) in [6, 6.07) is 0.930. The number of halogens is 3. The van der Waals surface area contributed by atoms with Gasteiger partial charge >= 0.3 is 0 Å². The fraction of sp³-hybridized carbons (Fsp3) is 0.714. The number of aromatic nitrogens is 1. The minimum Gasteiger partial charge on any atom is -0.395 e. The van der Waals surface area contributed by atoms with Gasteiger partial charge in [0.15, 0.2) is 5.15 Å². The highest BCUT2D eigenvalue weighted by Gasteiger charge is 2.49. The number of carbonyl (C=O) groups is 1. The molecule has 0 saturated carbocycles. The highest BCUT2D eigenvalue weighted by molar-refractivity contribution is 6.29.